The van der Waals surface area contributed by atoms with E-state index in [4.69, 9.17) is 14.2 Å². The molecule has 2 amide bonds. The average Bonchev–Trinajstić information content (AvgIpc) is 3.24. The number of rotatable bonds is 10. The van der Waals surface area contributed by atoms with Crippen LogP contribution in [-0.2, 0) is 11.2 Å². The minimum Gasteiger partial charge on any atom is -0.493 e. The molecule has 1 saturated heterocycles. The lowest BCUT2D eigenvalue weighted by Crippen LogP contribution is -2.42. The first-order valence-corrected chi connectivity index (χ1v) is 15.5. The molecule has 2 aliphatic rings. The first-order chi connectivity index (χ1) is 19.3. The Morgan fingerprint density at radius 2 is 1.93 bits per heavy atom. The highest BCUT2D eigenvalue weighted by Crippen LogP contribution is 2.44. The molecule has 1 fully saturated rings. The molecule has 9 heteroatoms. The lowest BCUT2D eigenvalue weighted by atomic mass is 9.87. The van der Waals surface area contributed by atoms with Crippen molar-refractivity contribution in [2.75, 3.05) is 13.2 Å². The van der Waals surface area contributed by atoms with Crippen LogP contribution >= 0.6 is 27.7 Å². The smallest absolute Gasteiger partial charge is 0.290 e. The normalized spacial score (nSPS) is 19.4. The summed E-state index contributed by atoms with van der Waals surface area (Å²) in [6, 6.07) is 7.93. The summed E-state index contributed by atoms with van der Waals surface area (Å²) in [5.41, 5.74) is 4.48. The quantitative estimate of drug-likeness (QED) is 0.208. The summed E-state index contributed by atoms with van der Waals surface area (Å²) in [5.74, 6) is 2.16. The Labute approximate surface area is 255 Å². The fraction of sp³-hybridized carbons (Fsp3) is 0.469. The third kappa shape index (κ3) is 7.28. The van der Waals surface area contributed by atoms with Crippen molar-refractivity contribution in [1.82, 2.24) is 5.32 Å². The fourth-order valence-corrected chi connectivity index (χ4v) is 6.22. The van der Waals surface area contributed by atoms with Crippen molar-refractivity contribution in [1.29, 1.82) is 5.26 Å². The van der Waals surface area contributed by atoms with Crippen molar-refractivity contribution in [3.8, 4) is 23.3 Å². The maximum Gasteiger partial charge on any atom is 0.290 e. The van der Waals surface area contributed by atoms with Crippen molar-refractivity contribution in [3.63, 3.8) is 0 Å². The van der Waals surface area contributed by atoms with E-state index in [0.717, 1.165) is 82.1 Å². The van der Waals surface area contributed by atoms with Crippen LogP contribution in [-0.4, -0.2) is 30.0 Å². The Kier molecular flexibility index (Phi) is 9.45. The van der Waals surface area contributed by atoms with E-state index in [-0.39, 0.29) is 16.6 Å². The minimum atomic E-state index is -0.508. The number of amides is 2. The number of nitrogens with one attached hydrogen (secondary N) is 1. The molecule has 0 aliphatic carbocycles. The van der Waals surface area contributed by atoms with Gasteiger partial charge in [0.05, 0.1) is 27.5 Å². The van der Waals surface area contributed by atoms with E-state index in [1.165, 1.54) is 5.56 Å². The van der Waals surface area contributed by atoms with Gasteiger partial charge in [-0.1, -0.05) is 6.07 Å². The summed E-state index contributed by atoms with van der Waals surface area (Å²) in [5, 5.41) is 11.1. The SMILES string of the molecule is Cc1c(C)c2c(c(C)c1OCCCCC(C)(C)C#N)CCC(C)(COc1ccc(/C=C3/SC(=O)NC3=O)cc1Br)O2. The highest BCUT2D eigenvalue weighted by atomic mass is 79.9. The van der Waals surface area contributed by atoms with Crippen LogP contribution in [0, 0.1) is 37.5 Å². The number of hydrogen-bond donors (Lipinski definition) is 1. The number of nitriles is 1. The summed E-state index contributed by atoms with van der Waals surface area (Å²) in [6.45, 7) is 13.3. The molecule has 2 heterocycles. The topological polar surface area (TPSA) is 97.6 Å². The Bertz CT molecular complexity index is 1440. The lowest BCUT2D eigenvalue weighted by molar-refractivity contribution is -0.115. The maximum atomic E-state index is 11.8. The van der Waals surface area contributed by atoms with Gasteiger partial charge < -0.3 is 14.2 Å². The van der Waals surface area contributed by atoms with Gasteiger partial charge in [0, 0.05) is 5.56 Å². The van der Waals surface area contributed by atoms with Crippen LogP contribution in [0.2, 0.25) is 0 Å². The molecule has 0 bridgehead atoms. The van der Waals surface area contributed by atoms with E-state index >= 15 is 0 Å². The largest absolute Gasteiger partial charge is 0.493 e. The van der Waals surface area contributed by atoms with Crippen LogP contribution in [0.3, 0.4) is 0 Å². The predicted octanol–water partition coefficient (Wildman–Crippen LogP) is 7.96. The molecule has 2 aromatic rings. The zero-order valence-corrected chi connectivity index (χ0v) is 26.9. The number of imide groups is 1. The fourth-order valence-electron chi connectivity index (χ4n) is 5.03. The van der Waals surface area contributed by atoms with Crippen molar-refractivity contribution < 1.29 is 23.8 Å². The second kappa shape index (κ2) is 12.5. The van der Waals surface area contributed by atoms with Gasteiger partial charge in [-0.05, 0) is 142 Å². The molecular weight excluding hydrogens is 604 g/mol. The Morgan fingerprint density at radius 3 is 2.59 bits per heavy atom. The number of halogens is 1. The standard InChI is InChI=1S/C32H37BrN2O5S/c1-19-20(2)28-23(21(3)27(19)38-14-8-7-12-31(4,5)17-34)11-13-32(6,40-28)18-39-25-10-9-22(15-24(25)33)16-26-29(36)35-30(37)41-26/h9-10,15-16H,7-8,11-14,18H2,1-6H3,(H,35,36,37)/b26-16+. The zero-order valence-electron chi connectivity index (χ0n) is 24.5. The van der Waals surface area contributed by atoms with Crippen molar-refractivity contribution >= 4 is 44.9 Å². The van der Waals surface area contributed by atoms with Crippen molar-refractivity contribution in [2.45, 2.75) is 79.2 Å². The third-order valence-electron chi connectivity index (χ3n) is 7.74. The minimum absolute atomic E-state index is 0.296. The molecule has 2 aliphatic heterocycles. The number of carbonyl (C=O) groups is 2. The first-order valence-electron chi connectivity index (χ1n) is 13.9. The van der Waals surface area contributed by atoms with Gasteiger partial charge in [-0.3, -0.25) is 14.9 Å². The molecule has 0 spiro atoms. The van der Waals surface area contributed by atoms with E-state index in [1.54, 1.807) is 6.08 Å². The molecule has 0 saturated carbocycles. The number of thioether (sulfide) groups is 1. The molecule has 1 N–H and O–H groups in total. The Morgan fingerprint density at radius 1 is 1.17 bits per heavy atom. The first kappa shape index (κ1) is 31.0. The number of nitrogens with zero attached hydrogens (tertiary/aromatic N) is 1. The molecule has 218 valence electrons. The van der Waals surface area contributed by atoms with Crippen molar-refractivity contribution in [3.05, 3.63) is 55.4 Å². The van der Waals surface area contributed by atoms with E-state index < -0.39 is 5.60 Å². The number of fused-ring (bicyclic) bond motifs is 1. The lowest BCUT2D eigenvalue weighted by Gasteiger charge is -2.38. The molecule has 1 unspecified atom stereocenters. The second-order valence-corrected chi connectivity index (χ2v) is 13.6. The van der Waals surface area contributed by atoms with Gasteiger partial charge in [0.2, 0.25) is 0 Å². The predicted molar refractivity (Wildman–Crippen MR) is 165 cm³/mol. The summed E-state index contributed by atoms with van der Waals surface area (Å²) < 4.78 is 19.9. The summed E-state index contributed by atoms with van der Waals surface area (Å²) in [6.07, 6.45) is 6.07. The molecule has 1 atom stereocenters. The van der Waals surface area contributed by atoms with Crippen LogP contribution in [0.5, 0.6) is 17.2 Å². The monoisotopic (exact) mass is 640 g/mol. The van der Waals surface area contributed by atoms with Gasteiger partial charge >= 0.3 is 0 Å². The molecule has 2 aromatic carbocycles. The molecular formula is C32H37BrN2O5S. The molecule has 7 nitrogen and oxygen atoms in total. The Hall–Kier alpha value is -2.96. The number of unbranched alkanes of at least 4 members (excludes halogenated alkanes) is 1. The van der Waals surface area contributed by atoms with E-state index in [1.807, 2.05) is 32.0 Å². The molecule has 41 heavy (non-hydrogen) atoms. The van der Waals surface area contributed by atoms with Gasteiger partial charge in [-0.15, -0.1) is 0 Å². The number of hydrogen-bond acceptors (Lipinski definition) is 7. The van der Waals surface area contributed by atoms with Gasteiger partial charge in [0.25, 0.3) is 11.1 Å². The van der Waals surface area contributed by atoms with Crippen LogP contribution < -0.4 is 19.5 Å². The summed E-state index contributed by atoms with van der Waals surface area (Å²) in [4.78, 5) is 23.6. The maximum absolute atomic E-state index is 11.8. The van der Waals surface area contributed by atoms with Gasteiger partial charge in [0.15, 0.2) is 0 Å². The number of benzene rings is 2. The van der Waals surface area contributed by atoms with Crippen LogP contribution in [0.15, 0.2) is 27.6 Å². The van der Waals surface area contributed by atoms with Crippen molar-refractivity contribution in [2.24, 2.45) is 5.41 Å². The van der Waals surface area contributed by atoms with Gasteiger partial charge in [-0.2, -0.15) is 5.26 Å². The summed E-state index contributed by atoms with van der Waals surface area (Å²) in [7, 11) is 0. The average molecular weight is 642 g/mol. The third-order valence-corrected chi connectivity index (χ3v) is 9.17. The van der Waals surface area contributed by atoms with Crippen LogP contribution in [0.4, 0.5) is 4.79 Å². The van der Waals surface area contributed by atoms with E-state index in [2.05, 4.69) is 55.0 Å². The van der Waals surface area contributed by atoms with E-state index in [0.29, 0.717) is 23.9 Å². The molecule has 0 radical (unpaired) electrons. The Balaban J connectivity index is 1.40. The van der Waals surface area contributed by atoms with Gasteiger partial charge in [0.1, 0.15) is 29.5 Å². The number of ether oxygens (including phenoxy) is 3. The highest BCUT2D eigenvalue weighted by molar-refractivity contribution is 9.10. The molecule has 0 aromatic heterocycles. The highest BCUT2D eigenvalue weighted by Gasteiger charge is 2.36. The zero-order chi connectivity index (χ0) is 29.9. The summed E-state index contributed by atoms with van der Waals surface area (Å²) >= 11 is 4.47. The number of carbonyl (C=O) groups excluding carboxylic acids is 2. The van der Waals surface area contributed by atoms with Crippen LogP contribution in [0.25, 0.3) is 6.08 Å². The molecule has 4 rings (SSSR count). The second-order valence-electron chi connectivity index (χ2n) is 11.7. The van der Waals surface area contributed by atoms with Crippen LogP contribution in [0.1, 0.15) is 74.3 Å². The van der Waals surface area contributed by atoms with Gasteiger partial charge in [-0.25, -0.2) is 0 Å². The van der Waals surface area contributed by atoms with E-state index in [9.17, 15) is 14.9 Å².